The van der Waals surface area contributed by atoms with Gasteiger partial charge in [0.1, 0.15) is 11.5 Å². The van der Waals surface area contributed by atoms with E-state index >= 15 is 0 Å². The van der Waals surface area contributed by atoms with Gasteiger partial charge in [-0.05, 0) is 48.9 Å². The first-order valence-corrected chi connectivity index (χ1v) is 10.1. The van der Waals surface area contributed by atoms with Gasteiger partial charge in [-0.1, -0.05) is 0 Å². The highest BCUT2D eigenvalue weighted by Crippen LogP contribution is 2.32. The van der Waals surface area contributed by atoms with Crippen LogP contribution in [0.5, 0.6) is 11.5 Å². The lowest BCUT2D eigenvalue weighted by Gasteiger charge is -2.24. The fraction of sp³-hybridized carbons (Fsp3) is 0.261. The number of nitrogens with one attached hydrogen (secondary N) is 2. The highest BCUT2D eigenvalue weighted by Gasteiger charge is 2.18. The van der Waals surface area contributed by atoms with Crippen molar-refractivity contribution in [3.8, 4) is 22.8 Å². The summed E-state index contributed by atoms with van der Waals surface area (Å²) in [6.45, 7) is 1.80. The number of hydrogen-bond acceptors (Lipinski definition) is 7. The van der Waals surface area contributed by atoms with E-state index in [4.69, 9.17) is 9.47 Å². The van der Waals surface area contributed by atoms with Crippen LogP contribution in [-0.2, 0) is 4.79 Å². The van der Waals surface area contributed by atoms with Gasteiger partial charge in [-0.25, -0.2) is 9.97 Å². The molecule has 2 N–H and O–H groups in total. The number of carbonyl (C=O) groups is 1. The average Bonchev–Trinajstić information content (AvgIpc) is 3.03. The molecule has 1 fully saturated rings. The van der Waals surface area contributed by atoms with E-state index in [0.717, 1.165) is 41.3 Å². The maximum atomic E-state index is 11.9. The van der Waals surface area contributed by atoms with Crippen molar-refractivity contribution in [3.63, 3.8) is 0 Å². The molecule has 8 nitrogen and oxygen atoms in total. The molecule has 0 radical (unpaired) electrons. The first-order chi connectivity index (χ1) is 15.2. The molecular weight excluding hydrogens is 394 g/mol. The molecule has 31 heavy (non-hydrogen) atoms. The first-order valence-electron chi connectivity index (χ1n) is 10.1. The Kier molecular flexibility index (Phi) is 6.16. The second-order valence-electron chi connectivity index (χ2n) is 7.13. The number of carbonyl (C=O) groups excluding carboxylic acids is 1. The van der Waals surface area contributed by atoms with Crippen LogP contribution in [-0.4, -0.2) is 49.7 Å². The van der Waals surface area contributed by atoms with Crippen LogP contribution in [0.3, 0.4) is 0 Å². The Morgan fingerprint density at radius 3 is 2.68 bits per heavy atom. The summed E-state index contributed by atoms with van der Waals surface area (Å²) in [5, 5.41) is 6.13. The van der Waals surface area contributed by atoms with Crippen LogP contribution in [0.25, 0.3) is 11.3 Å². The molecule has 0 bridgehead atoms. The van der Waals surface area contributed by atoms with Crippen molar-refractivity contribution < 1.29 is 14.3 Å². The van der Waals surface area contributed by atoms with E-state index in [1.807, 2.05) is 53.4 Å². The van der Waals surface area contributed by atoms with Crippen LogP contribution in [0, 0.1) is 0 Å². The zero-order chi connectivity index (χ0) is 21.6. The van der Waals surface area contributed by atoms with Gasteiger partial charge in [0, 0.05) is 36.6 Å². The number of methoxy groups -OCH3 is 2. The minimum Gasteiger partial charge on any atom is -0.497 e. The third-order valence-corrected chi connectivity index (χ3v) is 5.08. The van der Waals surface area contributed by atoms with Crippen LogP contribution in [0.1, 0.15) is 6.42 Å². The van der Waals surface area contributed by atoms with Crippen LogP contribution in [0.4, 0.5) is 17.3 Å². The lowest BCUT2D eigenvalue weighted by atomic mass is 10.1. The van der Waals surface area contributed by atoms with Gasteiger partial charge in [0.25, 0.3) is 0 Å². The van der Waals surface area contributed by atoms with Gasteiger partial charge in [-0.2, -0.15) is 0 Å². The number of aromatic nitrogens is 2. The minimum absolute atomic E-state index is 0.0190. The largest absolute Gasteiger partial charge is 0.497 e. The zero-order valence-corrected chi connectivity index (χ0v) is 17.6. The molecule has 2 heterocycles. The van der Waals surface area contributed by atoms with Gasteiger partial charge in [0.05, 0.1) is 32.1 Å². The number of nitrogens with zero attached hydrogens (tertiary/aromatic N) is 3. The minimum atomic E-state index is 0.0190. The lowest BCUT2D eigenvalue weighted by molar-refractivity contribution is -0.119. The summed E-state index contributed by atoms with van der Waals surface area (Å²) in [5.41, 5.74) is 3.46. The molecule has 3 aromatic rings. The molecule has 1 aliphatic heterocycles. The molecule has 8 heteroatoms. The van der Waals surface area contributed by atoms with E-state index in [9.17, 15) is 4.79 Å². The monoisotopic (exact) mass is 419 g/mol. The molecule has 1 saturated heterocycles. The number of benzene rings is 2. The smallest absolute Gasteiger partial charge is 0.239 e. The molecular formula is C23H25N5O3. The van der Waals surface area contributed by atoms with Crippen LogP contribution in [0.2, 0.25) is 0 Å². The van der Waals surface area contributed by atoms with Crippen molar-refractivity contribution in [2.24, 2.45) is 0 Å². The summed E-state index contributed by atoms with van der Waals surface area (Å²) < 4.78 is 10.8. The molecule has 160 valence electrons. The summed E-state index contributed by atoms with van der Waals surface area (Å²) in [4.78, 5) is 22.9. The summed E-state index contributed by atoms with van der Waals surface area (Å²) >= 11 is 0. The van der Waals surface area contributed by atoms with Gasteiger partial charge in [0.2, 0.25) is 11.9 Å². The third kappa shape index (κ3) is 4.85. The Hall–Kier alpha value is -3.81. The molecule has 0 saturated carbocycles. The van der Waals surface area contributed by atoms with Crippen molar-refractivity contribution in [2.45, 2.75) is 6.42 Å². The molecule has 1 amide bonds. The van der Waals surface area contributed by atoms with Crippen LogP contribution in [0.15, 0.2) is 54.7 Å². The molecule has 1 aliphatic rings. The topological polar surface area (TPSA) is 88.6 Å². The SMILES string of the molecule is COc1ccc(-c2ccnc(Nc3ccc(N4CCCNC(=O)C4)c(OC)c3)n2)cc1. The van der Waals surface area contributed by atoms with E-state index < -0.39 is 0 Å². The summed E-state index contributed by atoms with van der Waals surface area (Å²) in [5.74, 6) is 1.99. The van der Waals surface area contributed by atoms with Crippen molar-refractivity contribution in [1.29, 1.82) is 0 Å². The van der Waals surface area contributed by atoms with Gasteiger partial charge in [0.15, 0.2) is 0 Å². The van der Waals surface area contributed by atoms with E-state index in [-0.39, 0.29) is 5.91 Å². The average molecular weight is 419 g/mol. The Labute approximate surface area is 181 Å². The van der Waals surface area contributed by atoms with Crippen molar-refractivity contribution >= 4 is 23.2 Å². The van der Waals surface area contributed by atoms with E-state index in [1.165, 1.54) is 0 Å². The van der Waals surface area contributed by atoms with Crippen LogP contribution >= 0.6 is 0 Å². The summed E-state index contributed by atoms with van der Waals surface area (Å²) in [7, 11) is 3.27. The number of amides is 1. The van der Waals surface area contributed by atoms with Gasteiger partial charge in [-0.15, -0.1) is 0 Å². The molecule has 2 aromatic carbocycles. The van der Waals surface area contributed by atoms with E-state index in [2.05, 4.69) is 20.6 Å². The number of ether oxygens (including phenoxy) is 2. The van der Waals surface area contributed by atoms with E-state index in [0.29, 0.717) is 24.8 Å². The molecule has 0 unspecified atom stereocenters. The number of rotatable bonds is 6. The highest BCUT2D eigenvalue weighted by atomic mass is 16.5. The van der Waals surface area contributed by atoms with Gasteiger partial charge < -0.3 is 25.0 Å². The third-order valence-electron chi connectivity index (χ3n) is 5.08. The molecule has 4 rings (SSSR count). The maximum absolute atomic E-state index is 11.9. The summed E-state index contributed by atoms with van der Waals surface area (Å²) in [6.07, 6.45) is 2.61. The van der Waals surface area contributed by atoms with Crippen molar-refractivity contribution in [2.75, 3.05) is 44.1 Å². The first kappa shape index (κ1) is 20.5. The molecule has 0 atom stereocenters. The van der Waals surface area contributed by atoms with Crippen molar-refractivity contribution in [1.82, 2.24) is 15.3 Å². The standard InChI is InChI=1S/C23H25N5O3/c1-30-18-7-4-16(5-8-18)19-10-12-25-23(27-19)26-17-6-9-20(21(14-17)31-2)28-13-3-11-24-22(29)15-28/h4-10,12,14H,3,11,13,15H2,1-2H3,(H,24,29)(H,25,26,27). The second-order valence-corrected chi connectivity index (χ2v) is 7.13. The normalized spacial score (nSPS) is 13.9. The van der Waals surface area contributed by atoms with E-state index in [1.54, 1.807) is 20.4 Å². The molecule has 0 aliphatic carbocycles. The quantitative estimate of drug-likeness (QED) is 0.634. The predicted molar refractivity (Wildman–Crippen MR) is 120 cm³/mol. The van der Waals surface area contributed by atoms with Crippen molar-refractivity contribution in [3.05, 3.63) is 54.7 Å². The molecule has 1 aromatic heterocycles. The second kappa shape index (κ2) is 9.34. The highest BCUT2D eigenvalue weighted by molar-refractivity contribution is 5.83. The fourth-order valence-electron chi connectivity index (χ4n) is 3.50. The predicted octanol–water partition coefficient (Wildman–Crippen LogP) is 3.23. The number of anilines is 3. The Balaban J connectivity index is 1.54. The fourth-order valence-corrected chi connectivity index (χ4v) is 3.50. The Morgan fingerprint density at radius 2 is 1.90 bits per heavy atom. The van der Waals surface area contributed by atoms with Gasteiger partial charge >= 0.3 is 0 Å². The zero-order valence-electron chi connectivity index (χ0n) is 17.6. The Morgan fingerprint density at radius 1 is 1.06 bits per heavy atom. The molecule has 0 spiro atoms. The van der Waals surface area contributed by atoms with Gasteiger partial charge in [-0.3, -0.25) is 4.79 Å². The number of hydrogen-bond donors (Lipinski definition) is 2. The maximum Gasteiger partial charge on any atom is 0.239 e. The summed E-state index contributed by atoms with van der Waals surface area (Å²) in [6, 6.07) is 15.4. The van der Waals surface area contributed by atoms with Crippen LogP contribution < -0.4 is 25.0 Å². The lowest BCUT2D eigenvalue weighted by Crippen LogP contribution is -2.33. The Bertz CT molecular complexity index is 1060.